The molecule has 1 unspecified atom stereocenters. The van der Waals surface area contributed by atoms with Crippen LogP contribution in [0.1, 0.15) is 155 Å². The Hall–Kier alpha value is 0.157. The number of hydrogen-bond donors (Lipinski definition) is 1. The summed E-state index contributed by atoms with van der Waals surface area (Å²) in [5.74, 6) is 0.960. The fourth-order valence-corrected chi connectivity index (χ4v) is 7.81. The van der Waals surface area contributed by atoms with Crippen LogP contribution in [0, 0.1) is 0 Å². The van der Waals surface area contributed by atoms with Crippen LogP contribution in [0.2, 0.25) is 19.1 Å². The molecule has 0 aromatic carbocycles. The van der Waals surface area contributed by atoms with Crippen molar-refractivity contribution in [1.82, 2.24) is 5.32 Å². The van der Waals surface area contributed by atoms with E-state index in [1.165, 1.54) is 122 Å². The fraction of sp³-hybridized carbons (Fsp3) is 0.969. The standard InChI is InChI=1S/C32H67NO2SSi/c1-6-8-10-12-13-14-15-16-17-18-19-20-22-23-26-31(33-3)30-35-37(4,5)29-25-28-36-32(34)27-24-21-11-9-7-2/h31,33H,6-30H2,1-5H3. The Morgan fingerprint density at radius 2 is 1.16 bits per heavy atom. The van der Waals surface area contributed by atoms with Crippen LogP contribution < -0.4 is 5.32 Å². The van der Waals surface area contributed by atoms with Gasteiger partial charge < -0.3 is 9.74 Å². The van der Waals surface area contributed by atoms with Gasteiger partial charge in [-0.2, -0.15) is 0 Å². The molecule has 3 nitrogen and oxygen atoms in total. The maximum absolute atomic E-state index is 12.1. The molecule has 0 saturated heterocycles. The van der Waals surface area contributed by atoms with E-state index in [1.54, 1.807) is 11.8 Å². The molecule has 0 aromatic heterocycles. The van der Waals surface area contributed by atoms with Crippen LogP contribution in [0.4, 0.5) is 0 Å². The highest BCUT2D eigenvalue weighted by molar-refractivity contribution is 8.13. The zero-order valence-corrected chi connectivity index (χ0v) is 27.8. The number of unbranched alkanes of at least 4 members (excludes halogenated alkanes) is 17. The van der Waals surface area contributed by atoms with Gasteiger partial charge in [0.1, 0.15) is 0 Å². The Kier molecular flexibility index (Phi) is 27.8. The third-order valence-corrected chi connectivity index (χ3v) is 11.2. The summed E-state index contributed by atoms with van der Waals surface area (Å²) in [7, 11) is 0.433. The first kappa shape index (κ1) is 37.2. The summed E-state index contributed by atoms with van der Waals surface area (Å²) < 4.78 is 6.44. The minimum atomic E-state index is -1.65. The van der Waals surface area contributed by atoms with E-state index >= 15 is 0 Å². The lowest BCUT2D eigenvalue weighted by Gasteiger charge is -2.26. The zero-order chi connectivity index (χ0) is 27.5. The van der Waals surface area contributed by atoms with Crippen LogP contribution in [0.15, 0.2) is 0 Å². The highest BCUT2D eigenvalue weighted by atomic mass is 32.2. The molecule has 0 rings (SSSR count). The number of thioether (sulfide) groups is 1. The molecule has 0 fully saturated rings. The van der Waals surface area contributed by atoms with Crippen LogP contribution in [0.5, 0.6) is 0 Å². The van der Waals surface area contributed by atoms with Crippen LogP contribution in [-0.2, 0) is 9.22 Å². The predicted molar refractivity (Wildman–Crippen MR) is 171 cm³/mol. The maximum Gasteiger partial charge on any atom is 0.188 e. The van der Waals surface area contributed by atoms with Crippen molar-refractivity contribution >= 4 is 25.2 Å². The molecule has 0 aliphatic heterocycles. The molecule has 1 N–H and O–H groups in total. The summed E-state index contributed by atoms with van der Waals surface area (Å²) in [6.45, 7) is 10.1. The Labute approximate surface area is 239 Å². The van der Waals surface area contributed by atoms with Gasteiger partial charge in [0.2, 0.25) is 0 Å². The number of carbonyl (C=O) groups excluding carboxylic acids is 1. The van der Waals surface area contributed by atoms with Gasteiger partial charge in [-0.15, -0.1) is 0 Å². The van der Waals surface area contributed by atoms with Crippen molar-refractivity contribution in [2.45, 2.75) is 180 Å². The molecule has 0 saturated carbocycles. The molecule has 5 heteroatoms. The zero-order valence-electron chi connectivity index (χ0n) is 26.0. The van der Waals surface area contributed by atoms with Gasteiger partial charge in [0, 0.05) is 24.8 Å². The quantitative estimate of drug-likeness (QED) is 0.0733. The number of carbonyl (C=O) groups is 1. The van der Waals surface area contributed by atoms with Gasteiger partial charge in [-0.3, -0.25) is 4.79 Å². The number of rotatable bonds is 29. The molecule has 0 amide bonds. The molecule has 37 heavy (non-hydrogen) atoms. The first-order valence-electron chi connectivity index (χ1n) is 16.4. The molecule has 0 heterocycles. The lowest BCUT2D eigenvalue weighted by atomic mass is 10.0. The topological polar surface area (TPSA) is 38.3 Å². The Bertz CT molecular complexity index is 489. The normalized spacial score (nSPS) is 12.8. The van der Waals surface area contributed by atoms with Crippen molar-refractivity contribution in [2.75, 3.05) is 19.4 Å². The van der Waals surface area contributed by atoms with E-state index in [4.69, 9.17) is 4.43 Å². The van der Waals surface area contributed by atoms with E-state index in [2.05, 4.69) is 39.3 Å². The van der Waals surface area contributed by atoms with Gasteiger partial charge in [-0.1, -0.05) is 141 Å². The summed E-state index contributed by atoms with van der Waals surface area (Å²) in [6.07, 6.45) is 29.0. The lowest BCUT2D eigenvalue weighted by Crippen LogP contribution is -2.38. The highest BCUT2D eigenvalue weighted by Crippen LogP contribution is 2.20. The molecule has 1 atom stereocenters. The molecule has 222 valence electrons. The van der Waals surface area contributed by atoms with Gasteiger partial charge in [0.25, 0.3) is 0 Å². The van der Waals surface area contributed by atoms with E-state index in [0.717, 1.165) is 37.7 Å². The van der Waals surface area contributed by atoms with Crippen molar-refractivity contribution in [3.63, 3.8) is 0 Å². The SMILES string of the molecule is CCCCCCCCCCCCCCCCC(CO[Si](C)(C)CCCSC(=O)CCCCCCC)NC. The summed E-state index contributed by atoms with van der Waals surface area (Å²) >= 11 is 1.55. The fourth-order valence-electron chi connectivity index (χ4n) is 4.92. The highest BCUT2D eigenvalue weighted by Gasteiger charge is 2.23. The van der Waals surface area contributed by atoms with E-state index in [9.17, 15) is 4.79 Å². The second-order valence-corrected chi connectivity index (χ2v) is 17.4. The summed E-state index contributed by atoms with van der Waals surface area (Å²) in [5.41, 5.74) is 0. The van der Waals surface area contributed by atoms with Crippen molar-refractivity contribution in [2.24, 2.45) is 0 Å². The number of likely N-dealkylation sites (N-methyl/N-ethyl adjacent to an activating group) is 1. The third kappa shape index (κ3) is 27.5. The van der Waals surface area contributed by atoms with Crippen molar-refractivity contribution in [1.29, 1.82) is 0 Å². The third-order valence-electron chi connectivity index (χ3n) is 7.66. The van der Waals surface area contributed by atoms with Gasteiger partial charge in [0.15, 0.2) is 13.4 Å². The van der Waals surface area contributed by atoms with Gasteiger partial charge in [-0.25, -0.2) is 0 Å². The molecule has 0 aliphatic carbocycles. The van der Waals surface area contributed by atoms with E-state index in [-0.39, 0.29) is 0 Å². The Morgan fingerprint density at radius 1 is 0.703 bits per heavy atom. The Morgan fingerprint density at radius 3 is 1.65 bits per heavy atom. The minimum Gasteiger partial charge on any atom is -0.416 e. The maximum atomic E-state index is 12.1. The number of hydrogen-bond acceptors (Lipinski definition) is 4. The Balaban J connectivity index is 3.64. The van der Waals surface area contributed by atoms with Gasteiger partial charge in [-0.05, 0) is 45.4 Å². The second kappa shape index (κ2) is 27.7. The monoisotopic (exact) mass is 557 g/mol. The molecule has 0 aliphatic rings. The van der Waals surface area contributed by atoms with E-state index < -0.39 is 8.32 Å². The van der Waals surface area contributed by atoms with Crippen molar-refractivity contribution < 1.29 is 9.22 Å². The first-order valence-corrected chi connectivity index (χ1v) is 20.5. The lowest BCUT2D eigenvalue weighted by molar-refractivity contribution is -0.111. The summed E-state index contributed by atoms with van der Waals surface area (Å²) in [5, 5.41) is 3.87. The van der Waals surface area contributed by atoms with Gasteiger partial charge in [0.05, 0.1) is 0 Å². The average molecular weight is 558 g/mol. The minimum absolute atomic E-state index is 0.389. The molecular weight excluding hydrogens is 491 g/mol. The number of nitrogens with one attached hydrogen (secondary N) is 1. The van der Waals surface area contributed by atoms with Crippen molar-refractivity contribution in [3.8, 4) is 0 Å². The van der Waals surface area contributed by atoms with E-state index in [1.807, 2.05) is 0 Å². The van der Waals surface area contributed by atoms with Crippen LogP contribution in [0.25, 0.3) is 0 Å². The van der Waals surface area contributed by atoms with Crippen molar-refractivity contribution in [3.05, 3.63) is 0 Å². The molecule has 0 radical (unpaired) electrons. The summed E-state index contributed by atoms with van der Waals surface area (Å²) in [6, 6.07) is 1.63. The predicted octanol–water partition coefficient (Wildman–Crippen LogP) is 10.7. The van der Waals surface area contributed by atoms with Crippen LogP contribution in [0.3, 0.4) is 0 Å². The molecule has 0 bridgehead atoms. The van der Waals surface area contributed by atoms with Gasteiger partial charge >= 0.3 is 0 Å². The van der Waals surface area contributed by atoms with Crippen LogP contribution >= 0.6 is 11.8 Å². The second-order valence-electron chi connectivity index (χ2n) is 11.9. The molecule has 0 aromatic rings. The summed E-state index contributed by atoms with van der Waals surface area (Å²) in [4.78, 5) is 12.1. The first-order chi connectivity index (χ1) is 17.9. The average Bonchev–Trinajstić information content (AvgIpc) is 2.88. The van der Waals surface area contributed by atoms with E-state index in [0.29, 0.717) is 11.2 Å². The smallest absolute Gasteiger partial charge is 0.188 e. The van der Waals surface area contributed by atoms with Crippen LogP contribution in [-0.4, -0.2) is 38.9 Å². The molecular formula is C32H67NO2SSi. The molecule has 0 spiro atoms. The largest absolute Gasteiger partial charge is 0.416 e.